The van der Waals surface area contributed by atoms with Gasteiger partial charge in [0.15, 0.2) is 0 Å². The number of hydrogen-bond acceptors (Lipinski definition) is 5. The van der Waals surface area contributed by atoms with E-state index in [9.17, 15) is 36.2 Å². The first-order valence-electron chi connectivity index (χ1n) is 14.0. The predicted molar refractivity (Wildman–Crippen MR) is 149 cm³/mol. The van der Waals surface area contributed by atoms with Gasteiger partial charge in [-0.05, 0) is 36.1 Å². The lowest BCUT2D eigenvalue weighted by Crippen LogP contribution is -2.45. The molecular weight excluding hydrogens is 588 g/mol. The Kier molecular flexibility index (Phi) is 7.60. The molecule has 44 heavy (non-hydrogen) atoms. The molecule has 2 aromatic heterocycles. The fourth-order valence-electron chi connectivity index (χ4n) is 6.10. The van der Waals surface area contributed by atoms with Crippen LogP contribution in [0.1, 0.15) is 58.7 Å². The van der Waals surface area contributed by atoms with Crippen LogP contribution >= 0.6 is 0 Å². The Bertz CT molecular complexity index is 1580. The van der Waals surface area contributed by atoms with E-state index in [1.165, 1.54) is 10.7 Å². The normalized spacial score (nSPS) is 19.6. The average molecular weight is 616 g/mol. The molecule has 2 aliphatic heterocycles. The van der Waals surface area contributed by atoms with Gasteiger partial charge in [-0.2, -0.15) is 31.4 Å². The van der Waals surface area contributed by atoms with E-state index in [4.69, 9.17) is 5.10 Å². The van der Waals surface area contributed by atoms with Gasteiger partial charge in [-0.3, -0.25) is 4.79 Å². The van der Waals surface area contributed by atoms with Gasteiger partial charge in [-0.1, -0.05) is 60.7 Å². The van der Waals surface area contributed by atoms with E-state index in [-0.39, 0.29) is 17.1 Å². The molecule has 1 saturated heterocycles. The Hall–Kier alpha value is -4.39. The van der Waals surface area contributed by atoms with Gasteiger partial charge in [-0.15, -0.1) is 0 Å². The third-order valence-electron chi connectivity index (χ3n) is 8.22. The predicted octanol–water partition coefficient (Wildman–Crippen LogP) is 6.28. The Labute approximate surface area is 248 Å². The number of carbonyl (C=O) groups excluding carboxylic acids is 1. The van der Waals surface area contributed by atoms with E-state index in [0.717, 1.165) is 23.4 Å². The number of aromatic nitrogens is 3. The molecule has 1 fully saturated rings. The second kappa shape index (κ2) is 11.3. The van der Waals surface area contributed by atoms with E-state index in [0.29, 0.717) is 31.7 Å². The van der Waals surface area contributed by atoms with Crippen LogP contribution in [-0.4, -0.2) is 51.1 Å². The van der Waals surface area contributed by atoms with Gasteiger partial charge in [0.2, 0.25) is 0 Å². The van der Waals surface area contributed by atoms with Crippen molar-refractivity contribution in [2.24, 2.45) is 0 Å². The van der Waals surface area contributed by atoms with Crippen molar-refractivity contribution < 1.29 is 36.2 Å². The number of anilines is 2. The number of carbonyl (C=O) groups is 1. The number of benzene rings is 2. The maximum Gasteiger partial charge on any atom is 0.417 e. The highest BCUT2D eigenvalue weighted by atomic mass is 19.4. The van der Waals surface area contributed by atoms with Gasteiger partial charge < -0.3 is 15.3 Å². The number of halogens is 6. The van der Waals surface area contributed by atoms with Crippen molar-refractivity contribution in [2.45, 2.75) is 49.2 Å². The maximum absolute atomic E-state index is 14.6. The molecule has 2 aromatic carbocycles. The number of pyridine rings is 1. The first kappa shape index (κ1) is 29.7. The van der Waals surface area contributed by atoms with Crippen molar-refractivity contribution in [2.75, 3.05) is 23.3 Å². The topological polar surface area (TPSA) is 83.3 Å². The van der Waals surface area contributed by atoms with Crippen molar-refractivity contribution in [1.82, 2.24) is 14.8 Å². The van der Waals surface area contributed by atoms with Gasteiger partial charge in [0.25, 0.3) is 5.91 Å². The summed E-state index contributed by atoms with van der Waals surface area (Å²) in [6.07, 6.45) is -10.4. The monoisotopic (exact) mass is 615 g/mol. The zero-order chi connectivity index (χ0) is 31.2. The van der Waals surface area contributed by atoms with Crippen LogP contribution in [0.2, 0.25) is 0 Å². The standard InChI is InChI=1S/C31H27F6N5O2/c32-30(33,34)21-11-12-22(38-17-21)41-15-13-18(14-16-41)25-23-24(31(35,36)37)27(43)29(44)39-28(23)42(40-25)26(19-7-3-1-4-8-19)20-9-5-2-6-10-20/h1-12,17-18,24,26-27,43H,13-16H2,(H,39,44)/t24-,27-/m0/s1. The Morgan fingerprint density at radius 3 is 1.95 bits per heavy atom. The first-order valence-corrected chi connectivity index (χ1v) is 14.0. The minimum Gasteiger partial charge on any atom is -0.382 e. The molecule has 2 atom stereocenters. The number of aliphatic hydroxyl groups excluding tert-OH is 1. The van der Waals surface area contributed by atoms with Crippen LogP contribution in [0, 0.1) is 0 Å². The number of hydrogen-bond donors (Lipinski definition) is 2. The molecule has 2 N–H and O–H groups in total. The molecule has 0 unspecified atom stereocenters. The Morgan fingerprint density at radius 1 is 0.864 bits per heavy atom. The summed E-state index contributed by atoms with van der Waals surface area (Å²) in [5.74, 6) is -3.95. The summed E-state index contributed by atoms with van der Waals surface area (Å²) in [6.45, 7) is 0.605. The van der Waals surface area contributed by atoms with Crippen LogP contribution in [0.4, 0.5) is 38.0 Å². The summed E-state index contributed by atoms with van der Waals surface area (Å²) in [4.78, 5) is 18.5. The summed E-state index contributed by atoms with van der Waals surface area (Å²) >= 11 is 0. The molecule has 0 radical (unpaired) electrons. The SMILES string of the molecule is O=C1Nc2c(c(C3CCN(c4ccc(C(F)(F)F)cn4)CC3)nn2C(c2ccccc2)c2ccccc2)[C@H](C(F)(F)F)[C@@H]1O. The highest BCUT2D eigenvalue weighted by molar-refractivity contribution is 5.97. The Balaban J connectivity index is 1.42. The molecule has 0 bridgehead atoms. The summed E-state index contributed by atoms with van der Waals surface area (Å²) in [5.41, 5.74) is 0.426. The second-order valence-corrected chi connectivity index (χ2v) is 10.9. The van der Waals surface area contributed by atoms with Crippen molar-refractivity contribution >= 4 is 17.5 Å². The third kappa shape index (κ3) is 5.51. The van der Waals surface area contributed by atoms with Gasteiger partial charge in [0.05, 0.1) is 11.3 Å². The number of alkyl halides is 6. The van der Waals surface area contributed by atoms with Gasteiger partial charge in [0, 0.05) is 30.8 Å². The fourth-order valence-corrected chi connectivity index (χ4v) is 6.10. The number of nitrogens with one attached hydrogen (secondary N) is 1. The number of amides is 1. The lowest BCUT2D eigenvalue weighted by Gasteiger charge is -2.34. The zero-order valence-electron chi connectivity index (χ0n) is 23.1. The van der Waals surface area contributed by atoms with Crippen LogP contribution in [0.3, 0.4) is 0 Å². The van der Waals surface area contributed by atoms with Crippen molar-refractivity contribution in [3.05, 3.63) is 107 Å². The molecular formula is C31H27F6N5O2. The minimum atomic E-state index is -4.95. The third-order valence-corrected chi connectivity index (χ3v) is 8.22. The lowest BCUT2D eigenvalue weighted by atomic mass is 9.82. The molecule has 4 aromatic rings. The summed E-state index contributed by atoms with van der Waals surface area (Å²) < 4.78 is 84.1. The molecule has 0 saturated carbocycles. The number of aliphatic hydroxyl groups is 1. The van der Waals surface area contributed by atoms with Crippen LogP contribution in [0.25, 0.3) is 0 Å². The molecule has 4 heterocycles. The fraction of sp³-hybridized carbons (Fsp3) is 0.323. The summed E-state index contributed by atoms with van der Waals surface area (Å²) in [6, 6.07) is 19.6. The maximum atomic E-state index is 14.6. The van der Waals surface area contributed by atoms with E-state index in [1.54, 1.807) is 29.2 Å². The van der Waals surface area contributed by atoms with Crippen LogP contribution in [0.5, 0.6) is 0 Å². The van der Waals surface area contributed by atoms with Crippen molar-refractivity contribution in [3.63, 3.8) is 0 Å². The van der Waals surface area contributed by atoms with Gasteiger partial charge >= 0.3 is 12.4 Å². The number of rotatable bonds is 5. The molecule has 6 rings (SSSR count). The minimum absolute atomic E-state index is 0.123. The van der Waals surface area contributed by atoms with Crippen LogP contribution < -0.4 is 10.2 Å². The van der Waals surface area contributed by atoms with E-state index in [1.807, 2.05) is 36.4 Å². The van der Waals surface area contributed by atoms with E-state index >= 15 is 0 Å². The number of piperidine rings is 1. The summed E-state index contributed by atoms with van der Waals surface area (Å²) in [7, 11) is 0. The van der Waals surface area contributed by atoms with Gasteiger partial charge in [-0.25, -0.2) is 9.67 Å². The number of nitrogens with zero attached hydrogens (tertiary/aromatic N) is 4. The average Bonchev–Trinajstić information content (AvgIpc) is 3.35. The molecule has 13 heteroatoms. The van der Waals surface area contributed by atoms with Gasteiger partial charge in [0.1, 0.15) is 29.7 Å². The quantitative estimate of drug-likeness (QED) is 0.259. The smallest absolute Gasteiger partial charge is 0.382 e. The highest BCUT2D eigenvalue weighted by Gasteiger charge is 2.55. The molecule has 2 aliphatic rings. The highest BCUT2D eigenvalue weighted by Crippen LogP contribution is 2.49. The summed E-state index contributed by atoms with van der Waals surface area (Å²) in [5, 5.41) is 17.8. The van der Waals surface area contributed by atoms with Crippen molar-refractivity contribution in [1.29, 1.82) is 0 Å². The molecule has 7 nitrogen and oxygen atoms in total. The van der Waals surface area contributed by atoms with Crippen LogP contribution in [-0.2, 0) is 11.0 Å². The van der Waals surface area contributed by atoms with E-state index < -0.39 is 47.8 Å². The molecule has 0 aliphatic carbocycles. The zero-order valence-corrected chi connectivity index (χ0v) is 23.1. The first-order chi connectivity index (χ1) is 20.9. The number of fused-ring (bicyclic) bond motifs is 1. The second-order valence-electron chi connectivity index (χ2n) is 10.9. The van der Waals surface area contributed by atoms with E-state index in [2.05, 4.69) is 10.3 Å². The largest absolute Gasteiger partial charge is 0.417 e. The Morgan fingerprint density at radius 2 is 1.45 bits per heavy atom. The lowest BCUT2D eigenvalue weighted by molar-refractivity contribution is -0.177. The molecule has 0 spiro atoms. The van der Waals surface area contributed by atoms with Crippen LogP contribution in [0.15, 0.2) is 79.0 Å². The molecule has 1 amide bonds. The van der Waals surface area contributed by atoms with Crippen molar-refractivity contribution in [3.8, 4) is 0 Å². The molecule has 230 valence electrons.